The lowest BCUT2D eigenvalue weighted by molar-refractivity contribution is 0.299. The molecule has 4 nitrogen and oxygen atoms in total. The molecular formula is C47H35N3O. The highest BCUT2D eigenvalue weighted by Gasteiger charge is 2.46. The molecule has 2 heterocycles. The van der Waals surface area contributed by atoms with E-state index in [1.807, 2.05) is 54.6 Å². The highest BCUT2D eigenvalue weighted by Crippen LogP contribution is 2.56. The van der Waals surface area contributed by atoms with Crippen LogP contribution in [-0.4, -0.2) is 15.0 Å². The minimum absolute atomic E-state index is 0.0240. The molecule has 0 saturated carbocycles. The lowest BCUT2D eigenvalue weighted by atomic mass is 9.55. The van der Waals surface area contributed by atoms with Crippen molar-refractivity contribution in [2.24, 2.45) is 0 Å². The van der Waals surface area contributed by atoms with E-state index in [1.165, 1.54) is 38.4 Å². The zero-order valence-electron chi connectivity index (χ0n) is 29.0. The molecule has 51 heavy (non-hydrogen) atoms. The highest BCUT2D eigenvalue weighted by atomic mass is 16.3. The first-order valence-electron chi connectivity index (χ1n) is 17.6. The van der Waals surface area contributed by atoms with Crippen LogP contribution in [0.3, 0.4) is 0 Å². The summed E-state index contributed by atoms with van der Waals surface area (Å²) in [5.74, 6) is 1.87. The minimum Gasteiger partial charge on any atom is -0.456 e. The van der Waals surface area contributed by atoms with E-state index in [0.717, 1.165) is 44.0 Å². The molecule has 0 spiro atoms. The molecule has 2 aromatic heterocycles. The third kappa shape index (κ3) is 4.36. The number of rotatable bonds is 3. The average molecular weight is 658 g/mol. The Morgan fingerprint density at radius 3 is 1.82 bits per heavy atom. The normalized spacial score (nSPS) is 14.6. The van der Waals surface area contributed by atoms with Crippen LogP contribution >= 0.6 is 0 Å². The molecular weight excluding hydrogens is 623 g/mol. The second kappa shape index (κ2) is 10.7. The molecule has 1 aliphatic carbocycles. The second-order valence-electron chi connectivity index (χ2n) is 14.9. The van der Waals surface area contributed by atoms with Crippen LogP contribution < -0.4 is 0 Å². The van der Waals surface area contributed by atoms with Crippen LogP contribution in [0.15, 0.2) is 144 Å². The van der Waals surface area contributed by atoms with Gasteiger partial charge in [-0.2, -0.15) is 0 Å². The number of benzene rings is 7. The first-order valence-corrected chi connectivity index (χ1v) is 17.6. The van der Waals surface area contributed by atoms with Crippen LogP contribution in [0.2, 0.25) is 0 Å². The fourth-order valence-electron chi connectivity index (χ4n) is 8.23. The molecule has 0 unspecified atom stereocenters. The Labute approximate surface area is 296 Å². The van der Waals surface area contributed by atoms with E-state index >= 15 is 0 Å². The summed E-state index contributed by atoms with van der Waals surface area (Å²) in [7, 11) is 0. The van der Waals surface area contributed by atoms with Gasteiger partial charge in [0.15, 0.2) is 17.5 Å². The van der Waals surface area contributed by atoms with Crippen molar-refractivity contribution in [2.75, 3.05) is 0 Å². The lowest BCUT2D eigenvalue weighted by Crippen LogP contribution is -2.43. The lowest BCUT2D eigenvalue weighted by Gasteiger charge is -2.48. The Bertz CT molecular complexity index is 2860. The number of fused-ring (bicyclic) bond motifs is 10. The summed E-state index contributed by atoms with van der Waals surface area (Å²) < 4.78 is 6.24. The molecule has 10 rings (SSSR count). The molecule has 9 aromatic rings. The highest BCUT2D eigenvalue weighted by molar-refractivity contribution is 6.16. The van der Waals surface area contributed by atoms with Crippen molar-refractivity contribution in [3.8, 4) is 45.3 Å². The van der Waals surface area contributed by atoms with Crippen molar-refractivity contribution in [1.82, 2.24) is 15.0 Å². The van der Waals surface area contributed by atoms with Crippen molar-refractivity contribution in [3.05, 3.63) is 151 Å². The molecule has 0 atom stereocenters. The monoisotopic (exact) mass is 657 g/mol. The van der Waals surface area contributed by atoms with Crippen LogP contribution in [0.5, 0.6) is 0 Å². The van der Waals surface area contributed by atoms with Gasteiger partial charge in [-0.1, -0.05) is 143 Å². The molecule has 4 heteroatoms. The molecule has 0 fully saturated rings. The standard InChI is InChI=1S/C47H35N3O/c1-46(2)37-16-10-8-15-36(37)42-38(47(46,3)4)25-22-28-18-19-30-26-31(20-23-33(30)41(28)42)44-48-43(29-12-6-5-7-13-29)49-45(50-44)32-21-24-35-34-14-9-11-17-39(34)51-40(35)27-32/h5-27H,1-4H3. The van der Waals surface area contributed by atoms with Crippen molar-refractivity contribution in [3.63, 3.8) is 0 Å². The van der Waals surface area contributed by atoms with E-state index in [-0.39, 0.29) is 10.8 Å². The van der Waals surface area contributed by atoms with E-state index in [1.54, 1.807) is 0 Å². The average Bonchev–Trinajstić information content (AvgIpc) is 3.55. The van der Waals surface area contributed by atoms with E-state index in [0.29, 0.717) is 17.5 Å². The minimum atomic E-state index is -0.0620. The first kappa shape index (κ1) is 29.8. The molecule has 1 aliphatic rings. The summed E-state index contributed by atoms with van der Waals surface area (Å²) in [6.45, 7) is 9.56. The van der Waals surface area contributed by atoms with E-state index in [4.69, 9.17) is 19.4 Å². The van der Waals surface area contributed by atoms with Gasteiger partial charge in [-0.15, -0.1) is 0 Å². The SMILES string of the molecule is CC1(C)c2ccccc2-c2c(ccc3ccc4cc(-c5nc(-c6ccccc6)nc(-c6ccc7c(c6)oc6ccccc67)n5)ccc4c23)C1(C)C. The van der Waals surface area contributed by atoms with Gasteiger partial charge in [0.2, 0.25) is 0 Å². The van der Waals surface area contributed by atoms with Gasteiger partial charge in [-0.25, -0.2) is 15.0 Å². The summed E-state index contributed by atoms with van der Waals surface area (Å²) in [5.41, 5.74) is 9.83. The Hall–Kier alpha value is -6.13. The maximum absolute atomic E-state index is 6.24. The van der Waals surface area contributed by atoms with Gasteiger partial charge in [0.25, 0.3) is 0 Å². The Morgan fingerprint density at radius 1 is 0.431 bits per heavy atom. The predicted octanol–water partition coefficient (Wildman–Crippen LogP) is 12.3. The molecule has 0 saturated heterocycles. The third-order valence-corrected chi connectivity index (χ3v) is 11.7. The zero-order valence-corrected chi connectivity index (χ0v) is 29.0. The number of hydrogen-bond donors (Lipinski definition) is 0. The fourth-order valence-corrected chi connectivity index (χ4v) is 8.23. The van der Waals surface area contributed by atoms with E-state index in [9.17, 15) is 0 Å². The Balaban J connectivity index is 1.17. The van der Waals surface area contributed by atoms with Crippen molar-refractivity contribution < 1.29 is 4.42 Å². The molecule has 244 valence electrons. The smallest absolute Gasteiger partial charge is 0.164 e. The summed E-state index contributed by atoms with van der Waals surface area (Å²) >= 11 is 0. The van der Waals surface area contributed by atoms with Crippen molar-refractivity contribution >= 4 is 43.5 Å². The van der Waals surface area contributed by atoms with Crippen LogP contribution in [0.1, 0.15) is 38.8 Å². The first-order chi connectivity index (χ1) is 24.8. The predicted molar refractivity (Wildman–Crippen MR) is 210 cm³/mol. The number of para-hydroxylation sites is 1. The van der Waals surface area contributed by atoms with Gasteiger partial charge >= 0.3 is 0 Å². The summed E-state index contributed by atoms with van der Waals surface area (Å²) in [4.78, 5) is 15.1. The number of hydrogen-bond acceptors (Lipinski definition) is 4. The van der Waals surface area contributed by atoms with Gasteiger partial charge in [0, 0.05) is 27.5 Å². The summed E-state index contributed by atoms with van der Waals surface area (Å²) in [6.07, 6.45) is 0. The van der Waals surface area contributed by atoms with Gasteiger partial charge < -0.3 is 4.42 Å². The molecule has 0 aliphatic heterocycles. The number of nitrogens with zero attached hydrogens (tertiary/aromatic N) is 3. The maximum atomic E-state index is 6.24. The molecule has 0 radical (unpaired) electrons. The third-order valence-electron chi connectivity index (χ3n) is 11.7. The molecule has 0 amide bonds. The van der Waals surface area contributed by atoms with Crippen LogP contribution in [0.25, 0.3) is 88.8 Å². The van der Waals surface area contributed by atoms with E-state index < -0.39 is 0 Å². The van der Waals surface area contributed by atoms with E-state index in [2.05, 4.69) is 113 Å². The number of aromatic nitrogens is 3. The van der Waals surface area contributed by atoms with Gasteiger partial charge in [0.05, 0.1) is 0 Å². The van der Waals surface area contributed by atoms with Crippen LogP contribution in [0.4, 0.5) is 0 Å². The van der Waals surface area contributed by atoms with Gasteiger partial charge in [-0.05, 0) is 78.9 Å². The molecule has 7 aromatic carbocycles. The summed E-state index contributed by atoms with van der Waals surface area (Å²) in [5, 5.41) is 7.10. The Kier molecular flexibility index (Phi) is 6.23. The van der Waals surface area contributed by atoms with Gasteiger partial charge in [-0.3, -0.25) is 0 Å². The largest absolute Gasteiger partial charge is 0.456 e. The second-order valence-corrected chi connectivity index (χ2v) is 14.9. The molecule has 0 bridgehead atoms. The van der Waals surface area contributed by atoms with Gasteiger partial charge in [0.1, 0.15) is 11.2 Å². The quantitative estimate of drug-likeness (QED) is 0.177. The topological polar surface area (TPSA) is 51.8 Å². The van der Waals surface area contributed by atoms with Crippen molar-refractivity contribution in [2.45, 2.75) is 38.5 Å². The van der Waals surface area contributed by atoms with Crippen LogP contribution in [-0.2, 0) is 10.8 Å². The zero-order chi connectivity index (χ0) is 34.5. The van der Waals surface area contributed by atoms with Crippen LogP contribution in [0, 0.1) is 0 Å². The number of furan rings is 1. The molecule has 0 N–H and O–H groups in total. The van der Waals surface area contributed by atoms with Crippen molar-refractivity contribution in [1.29, 1.82) is 0 Å². The summed E-state index contributed by atoms with van der Waals surface area (Å²) in [6, 6.07) is 49.3. The Morgan fingerprint density at radius 2 is 1.02 bits per heavy atom. The fraction of sp³-hybridized carbons (Fsp3) is 0.128. The maximum Gasteiger partial charge on any atom is 0.164 e.